The molecule has 1 aromatic heterocycles. The number of ether oxygens (including phenoxy) is 2. The molecule has 1 saturated carbocycles. The molecule has 1 aromatic rings. The summed E-state index contributed by atoms with van der Waals surface area (Å²) in [5.41, 5.74) is 14.4. The number of allylic oxidation sites excluding steroid dienone is 3. The molecule has 2 fully saturated rings. The molecule has 5 N–H and O–H groups in total. The maximum absolute atomic E-state index is 13.2. The average molecular weight is 489 g/mol. The van der Waals surface area contributed by atoms with Crippen molar-refractivity contribution in [3.63, 3.8) is 0 Å². The summed E-state index contributed by atoms with van der Waals surface area (Å²) < 4.78 is 37.8. The van der Waals surface area contributed by atoms with E-state index < -0.39 is 6.43 Å². The van der Waals surface area contributed by atoms with Gasteiger partial charge in [0, 0.05) is 54.2 Å². The van der Waals surface area contributed by atoms with E-state index in [2.05, 4.69) is 20.3 Å². The normalized spacial score (nSPS) is 20.5. The first-order valence-corrected chi connectivity index (χ1v) is 11.8. The van der Waals surface area contributed by atoms with E-state index in [0.717, 1.165) is 31.3 Å². The molecule has 1 aliphatic heterocycles. The Labute approximate surface area is 204 Å². The van der Waals surface area contributed by atoms with Gasteiger partial charge < -0.3 is 26.3 Å². The molecule has 1 saturated heterocycles. The lowest BCUT2D eigenvalue weighted by atomic mass is 10.1. The highest BCUT2D eigenvalue weighted by molar-refractivity contribution is 6.10. The van der Waals surface area contributed by atoms with Crippen molar-refractivity contribution in [1.82, 2.24) is 4.98 Å². The van der Waals surface area contributed by atoms with Gasteiger partial charge in [-0.15, -0.1) is 0 Å². The van der Waals surface area contributed by atoms with Crippen LogP contribution in [0.2, 0.25) is 0 Å². The van der Waals surface area contributed by atoms with Crippen molar-refractivity contribution in [2.75, 3.05) is 18.5 Å². The molecule has 0 amide bonds. The fourth-order valence-electron chi connectivity index (χ4n) is 3.15. The van der Waals surface area contributed by atoms with Crippen LogP contribution in [0.15, 0.2) is 51.6 Å². The summed E-state index contributed by atoms with van der Waals surface area (Å²) in [5, 5.41) is 3.00. The van der Waals surface area contributed by atoms with Gasteiger partial charge in [0.25, 0.3) is 6.43 Å². The average Bonchev–Trinajstić information content (AvgIpc) is 3.49. The van der Waals surface area contributed by atoms with E-state index in [1.165, 1.54) is 19.2 Å². The lowest BCUT2D eigenvalue weighted by Crippen LogP contribution is -2.11. The lowest BCUT2D eigenvalue weighted by molar-refractivity contribution is 0.194. The minimum Gasteiger partial charge on any atom is -0.490 e. The number of pyridine rings is 1. The summed E-state index contributed by atoms with van der Waals surface area (Å²) in [6.45, 7) is 6.38. The Balaban J connectivity index is 1.92. The maximum Gasteiger partial charge on any atom is 0.276 e. The molecule has 0 aromatic carbocycles. The standard InChI is InChI=1S/C25H34F2N6O2/c1-4-15(2)21(29)9-24(32-16(3)25(26)27)33-23-10-22(35-19-5-6-19)20(13-31-23)17(11-28)12-30-18-7-8-34-14-18/h9-13,18-19,25H,4-8,14,28-29H2,1-3H3,(H,31,33)/b17-11+,21-15-,24-9+,30-12?,32-16+. The molecular weight excluding hydrogens is 454 g/mol. The molecule has 1 atom stereocenters. The van der Waals surface area contributed by atoms with E-state index in [4.69, 9.17) is 20.9 Å². The van der Waals surface area contributed by atoms with Crippen molar-refractivity contribution in [3.05, 3.63) is 47.2 Å². The molecule has 8 nitrogen and oxygen atoms in total. The Morgan fingerprint density at radius 3 is 2.71 bits per heavy atom. The number of nitrogens with one attached hydrogen (secondary N) is 1. The van der Waals surface area contributed by atoms with Crippen LogP contribution in [-0.4, -0.2) is 48.7 Å². The smallest absolute Gasteiger partial charge is 0.276 e. The number of aromatic nitrogens is 1. The van der Waals surface area contributed by atoms with E-state index in [1.54, 1.807) is 18.5 Å². The van der Waals surface area contributed by atoms with Gasteiger partial charge in [-0.3, -0.25) is 4.99 Å². The fraction of sp³-hybridized carbons (Fsp3) is 0.480. The van der Waals surface area contributed by atoms with Crippen molar-refractivity contribution in [2.24, 2.45) is 21.5 Å². The third kappa shape index (κ3) is 7.88. The largest absolute Gasteiger partial charge is 0.490 e. The van der Waals surface area contributed by atoms with Crippen LogP contribution in [0, 0.1) is 0 Å². The van der Waals surface area contributed by atoms with Crippen LogP contribution in [0.25, 0.3) is 5.57 Å². The monoisotopic (exact) mass is 488 g/mol. The summed E-state index contributed by atoms with van der Waals surface area (Å²) in [4.78, 5) is 13.1. The van der Waals surface area contributed by atoms with Gasteiger partial charge in [0.15, 0.2) is 0 Å². The molecular formula is C25H34F2N6O2. The zero-order valence-electron chi connectivity index (χ0n) is 20.4. The quantitative estimate of drug-likeness (QED) is 0.314. The molecule has 3 rings (SSSR count). The first kappa shape index (κ1) is 26.3. The Morgan fingerprint density at radius 1 is 1.34 bits per heavy atom. The summed E-state index contributed by atoms with van der Waals surface area (Å²) in [5.74, 6) is 1.10. The third-order valence-electron chi connectivity index (χ3n) is 5.69. The molecule has 1 unspecified atom stereocenters. The predicted molar refractivity (Wildman–Crippen MR) is 136 cm³/mol. The van der Waals surface area contributed by atoms with Crippen LogP contribution in [0.1, 0.15) is 52.0 Å². The van der Waals surface area contributed by atoms with Crippen LogP contribution in [-0.2, 0) is 4.74 Å². The first-order chi connectivity index (χ1) is 16.8. The summed E-state index contributed by atoms with van der Waals surface area (Å²) in [6.07, 6.45) is 7.25. The van der Waals surface area contributed by atoms with Crippen molar-refractivity contribution in [3.8, 4) is 5.75 Å². The van der Waals surface area contributed by atoms with Crippen molar-refractivity contribution in [1.29, 1.82) is 0 Å². The number of rotatable bonds is 11. The Kier molecular flexibility index (Phi) is 9.36. The Morgan fingerprint density at radius 2 is 2.11 bits per heavy atom. The number of nitrogens with two attached hydrogens (primary N) is 2. The number of nitrogens with zero attached hydrogens (tertiary/aromatic N) is 3. The number of halogens is 2. The summed E-state index contributed by atoms with van der Waals surface area (Å²) in [6, 6.07) is 1.80. The van der Waals surface area contributed by atoms with Crippen molar-refractivity contribution >= 4 is 23.3 Å². The first-order valence-electron chi connectivity index (χ1n) is 11.8. The van der Waals surface area contributed by atoms with Gasteiger partial charge in [0.1, 0.15) is 17.4 Å². The van der Waals surface area contributed by atoms with Gasteiger partial charge in [-0.05, 0) is 39.5 Å². The molecule has 0 radical (unpaired) electrons. The van der Waals surface area contributed by atoms with Crippen LogP contribution in [0.4, 0.5) is 14.6 Å². The molecule has 2 aliphatic rings. The van der Waals surface area contributed by atoms with Crippen LogP contribution < -0.4 is 21.5 Å². The Hall–Kier alpha value is -3.27. The highest BCUT2D eigenvalue weighted by atomic mass is 19.3. The second kappa shape index (κ2) is 12.4. The van der Waals surface area contributed by atoms with Gasteiger partial charge in [0.2, 0.25) is 0 Å². The minimum atomic E-state index is -2.69. The fourth-order valence-corrected chi connectivity index (χ4v) is 3.15. The van der Waals surface area contributed by atoms with Crippen LogP contribution in [0.5, 0.6) is 5.75 Å². The van der Waals surface area contributed by atoms with Crippen LogP contribution in [0.3, 0.4) is 0 Å². The summed E-state index contributed by atoms with van der Waals surface area (Å²) in [7, 11) is 0. The summed E-state index contributed by atoms with van der Waals surface area (Å²) >= 11 is 0. The second-order valence-corrected chi connectivity index (χ2v) is 8.60. The number of hydrogen-bond acceptors (Lipinski definition) is 8. The molecule has 190 valence electrons. The van der Waals surface area contributed by atoms with Gasteiger partial charge >= 0.3 is 0 Å². The van der Waals surface area contributed by atoms with Crippen molar-refractivity contribution < 1.29 is 18.3 Å². The molecule has 1 aliphatic carbocycles. The topological polar surface area (TPSA) is 120 Å². The van der Waals surface area contributed by atoms with Crippen LogP contribution >= 0.6 is 0 Å². The number of alkyl halides is 2. The van der Waals surface area contributed by atoms with E-state index in [9.17, 15) is 8.78 Å². The minimum absolute atomic E-state index is 0.0976. The lowest BCUT2D eigenvalue weighted by Gasteiger charge is -2.15. The molecule has 0 bridgehead atoms. The van der Waals surface area contributed by atoms with E-state index in [-0.39, 0.29) is 23.7 Å². The zero-order chi connectivity index (χ0) is 25.4. The third-order valence-corrected chi connectivity index (χ3v) is 5.69. The SMILES string of the molecule is CC/C(C)=C(N)/C=C(\N=C(/C)C(F)F)Nc1cc(OC2CC2)c(/C(C=NC2CCOC2)=C/N)cn1. The zero-order valence-corrected chi connectivity index (χ0v) is 20.4. The number of anilines is 1. The maximum atomic E-state index is 13.2. The highest BCUT2D eigenvalue weighted by Crippen LogP contribution is 2.33. The Bertz CT molecular complexity index is 1040. The van der Waals surface area contributed by atoms with Gasteiger partial charge in [0.05, 0.1) is 24.5 Å². The molecule has 0 spiro atoms. The van der Waals surface area contributed by atoms with Gasteiger partial charge in [-0.25, -0.2) is 18.8 Å². The highest BCUT2D eigenvalue weighted by Gasteiger charge is 2.25. The van der Waals surface area contributed by atoms with Gasteiger partial charge in [-0.2, -0.15) is 0 Å². The number of aliphatic imine (C=N–C) groups is 2. The number of hydrogen-bond donors (Lipinski definition) is 3. The molecule has 35 heavy (non-hydrogen) atoms. The van der Waals surface area contributed by atoms with E-state index in [1.807, 2.05) is 13.8 Å². The van der Waals surface area contributed by atoms with E-state index in [0.29, 0.717) is 41.6 Å². The molecule has 2 heterocycles. The van der Waals surface area contributed by atoms with Crippen molar-refractivity contribution in [2.45, 2.75) is 65.0 Å². The van der Waals surface area contributed by atoms with Gasteiger partial charge in [-0.1, -0.05) is 12.5 Å². The predicted octanol–water partition coefficient (Wildman–Crippen LogP) is 4.40. The second-order valence-electron chi connectivity index (χ2n) is 8.60. The van der Waals surface area contributed by atoms with E-state index >= 15 is 0 Å². The molecule has 10 heteroatoms.